The first kappa shape index (κ1) is 13.8. The molecule has 3 aliphatic rings. The molecule has 21 heavy (non-hydrogen) atoms. The molecule has 4 rings (SSSR count). The molecule has 0 amide bonds. The summed E-state index contributed by atoms with van der Waals surface area (Å²) in [6.45, 7) is 5.24. The first-order chi connectivity index (χ1) is 10.4. The summed E-state index contributed by atoms with van der Waals surface area (Å²) in [7, 11) is 0. The maximum Gasteiger partial charge on any atom is 0.0369 e. The van der Waals surface area contributed by atoms with Crippen molar-refractivity contribution in [3.63, 3.8) is 0 Å². The van der Waals surface area contributed by atoms with Crippen molar-refractivity contribution in [2.24, 2.45) is 0 Å². The van der Waals surface area contributed by atoms with Crippen molar-refractivity contribution < 1.29 is 0 Å². The molecule has 2 aliphatic heterocycles. The van der Waals surface area contributed by atoms with Crippen LogP contribution < -0.4 is 0 Å². The molecule has 2 heteroatoms. The van der Waals surface area contributed by atoms with Crippen LogP contribution in [-0.2, 0) is 0 Å². The highest BCUT2D eigenvalue weighted by Gasteiger charge is 2.37. The second-order valence-electron chi connectivity index (χ2n) is 7.09. The van der Waals surface area contributed by atoms with Gasteiger partial charge in [0.05, 0.1) is 0 Å². The van der Waals surface area contributed by atoms with Crippen molar-refractivity contribution in [1.29, 1.82) is 0 Å². The standard InChI is InChI=1S/C19H28N2/c1-5-11-20(12-6-1)18-15-19(21-13-7-2-8-14-21)17-10-4-3-9-16(17)18/h3-4,9-10,18-19H,1-2,5-8,11-15H2/t18-,19-/m1/s1. The molecule has 2 nitrogen and oxygen atoms in total. The van der Waals surface area contributed by atoms with Crippen LogP contribution in [0.2, 0.25) is 0 Å². The Balaban J connectivity index is 1.59. The fourth-order valence-electron chi connectivity index (χ4n) is 4.73. The van der Waals surface area contributed by atoms with Gasteiger partial charge in [-0.25, -0.2) is 0 Å². The van der Waals surface area contributed by atoms with Crippen molar-refractivity contribution >= 4 is 0 Å². The lowest BCUT2D eigenvalue weighted by Gasteiger charge is -2.35. The maximum absolute atomic E-state index is 2.77. The molecular formula is C19H28N2. The maximum atomic E-state index is 2.77. The molecule has 1 aliphatic carbocycles. The number of likely N-dealkylation sites (tertiary alicyclic amines) is 2. The van der Waals surface area contributed by atoms with Crippen molar-refractivity contribution in [2.75, 3.05) is 26.2 Å². The van der Waals surface area contributed by atoms with E-state index in [0.29, 0.717) is 12.1 Å². The zero-order valence-corrected chi connectivity index (χ0v) is 13.1. The van der Waals surface area contributed by atoms with Gasteiger partial charge in [0.1, 0.15) is 0 Å². The fourth-order valence-corrected chi connectivity index (χ4v) is 4.73. The van der Waals surface area contributed by atoms with Gasteiger partial charge < -0.3 is 0 Å². The highest BCUT2D eigenvalue weighted by Crippen LogP contribution is 2.46. The highest BCUT2D eigenvalue weighted by molar-refractivity contribution is 5.38. The van der Waals surface area contributed by atoms with Crippen molar-refractivity contribution in [2.45, 2.75) is 57.0 Å². The quantitative estimate of drug-likeness (QED) is 0.805. The van der Waals surface area contributed by atoms with Crippen molar-refractivity contribution in [1.82, 2.24) is 9.80 Å². The predicted molar refractivity (Wildman–Crippen MR) is 87.4 cm³/mol. The number of hydrogen-bond donors (Lipinski definition) is 0. The summed E-state index contributed by atoms with van der Waals surface area (Å²) in [6, 6.07) is 10.7. The molecule has 0 bridgehead atoms. The molecule has 0 saturated carbocycles. The van der Waals surface area contributed by atoms with Gasteiger partial charge in [-0.15, -0.1) is 0 Å². The largest absolute Gasteiger partial charge is 0.296 e. The van der Waals surface area contributed by atoms with Crippen LogP contribution in [0.4, 0.5) is 0 Å². The van der Waals surface area contributed by atoms with Gasteiger partial charge in [-0.2, -0.15) is 0 Å². The number of fused-ring (bicyclic) bond motifs is 1. The van der Waals surface area contributed by atoms with Crippen LogP contribution in [-0.4, -0.2) is 36.0 Å². The van der Waals surface area contributed by atoms with Crippen LogP contribution in [0.3, 0.4) is 0 Å². The van der Waals surface area contributed by atoms with Crippen molar-refractivity contribution in [3.8, 4) is 0 Å². The third-order valence-electron chi connectivity index (χ3n) is 5.82. The molecule has 0 spiro atoms. The first-order valence-corrected chi connectivity index (χ1v) is 9.00. The lowest BCUT2D eigenvalue weighted by atomic mass is 10.0. The number of benzene rings is 1. The minimum absolute atomic E-state index is 0.688. The zero-order valence-electron chi connectivity index (χ0n) is 13.1. The molecule has 2 atom stereocenters. The smallest absolute Gasteiger partial charge is 0.0369 e. The van der Waals surface area contributed by atoms with Gasteiger partial charge in [0, 0.05) is 12.1 Å². The molecule has 1 aromatic carbocycles. The minimum Gasteiger partial charge on any atom is -0.296 e. The minimum atomic E-state index is 0.688. The number of rotatable bonds is 2. The van der Waals surface area contributed by atoms with E-state index in [0.717, 1.165) is 0 Å². The average molecular weight is 284 g/mol. The van der Waals surface area contributed by atoms with Crippen molar-refractivity contribution in [3.05, 3.63) is 35.4 Å². The van der Waals surface area contributed by atoms with Gasteiger partial charge >= 0.3 is 0 Å². The molecule has 114 valence electrons. The summed E-state index contributed by atoms with van der Waals surface area (Å²) in [5, 5.41) is 0. The van der Waals surface area contributed by atoms with Crippen LogP contribution in [0.25, 0.3) is 0 Å². The normalized spacial score (nSPS) is 31.2. The summed E-state index contributed by atoms with van der Waals surface area (Å²) in [6.07, 6.45) is 9.78. The summed E-state index contributed by atoms with van der Waals surface area (Å²) in [4.78, 5) is 5.54. The molecule has 2 heterocycles. The Morgan fingerprint density at radius 2 is 1.05 bits per heavy atom. The van der Waals surface area contributed by atoms with E-state index in [1.807, 2.05) is 0 Å². The summed E-state index contributed by atoms with van der Waals surface area (Å²) >= 11 is 0. The second kappa shape index (κ2) is 6.10. The molecule has 0 unspecified atom stereocenters. The summed E-state index contributed by atoms with van der Waals surface area (Å²) in [5.74, 6) is 0. The van der Waals surface area contributed by atoms with Gasteiger partial charge in [-0.3, -0.25) is 9.80 Å². The van der Waals surface area contributed by atoms with E-state index in [1.54, 1.807) is 11.1 Å². The van der Waals surface area contributed by atoms with Crippen LogP contribution in [0.15, 0.2) is 24.3 Å². The molecule has 0 aromatic heterocycles. The number of piperidine rings is 2. The van der Waals surface area contributed by atoms with E-state index in [4.69, 9.17) is 0 Å². The number of nitrogens with zero attached hydrogens (tertiary/aromatic N) is 2. The van der Waals surface area contributed by atoms with Gasteiger partial charge in [0.25, 0.3) is 0 Å². The number of hydrogen-bond acceptors (Lipinski definition) is 2. The SMILES string of the molecule is c1ccc2c(c1)[C@H](N1CCCCC1)C[C@H]2N1CCCCC1. The Morgan fingerprint density at radius 1 is 0.619 bits per heavy atom. The lowest BCUT2D eigenvalue weighted by molar-refractivity contribution is 0.114. The molecule has 0 N–H and O–H groups in total. The monoisotopic (exact) mass is 284 g/mol. The van der Waals surface area contributed by atoms with E-state index >= 15 is 0 Å². The molecule has 1 aromatic rings. The van der Waals surface area contributed by atoms with E-state index in [1.165, 1.54) is 71.1 Å². The van der Waals surface area contributed by atoms with Crippen LogP contribution in [0, 0.1) is 0 Å². The van der Waals surface area contributed by atoms with E-state index in [-0.39, 0.29) is 0 Å². The zero-order chi connectivity index (χ0) is 14.1. The first-order valence-electron chi connectivity index (χ1n) is 9.00. The Hall–Kier alpha value is -0.860. The Bertz CT molecular complexity index is 429. The molecule has 2 fully saturated rings. The van der Waals surface area contributed by atoms with Gasteiger partial charge in [-0.1, -0.05) is 37.1 Å². The topological polar surface area (TPSA) is 6.48 Å². The van der Waals surface area contributed by atoms with E-state index in [9.17, 15) is 0 Å². The fraction of sp³-hybridized carbons (Fsp3) is 0.684. The third-order valence-corrected chi connectivity index (χ3v) is 5.82. The van der Waals surface area contributed by atoms with Crippen LogP contribution in [0.1, 0.15) is 68.2 Å². The summed E-state index contributed by atoms with van der Waals surface area (Å²) in [5.41, 5.74) is 3.27. The molecule has 0 radical (unpaired) electrons. The predicted octanol–water partition coefficient (Wildman–Crippen LogP) is 4.14. The van der Waals surface area contributed by atoms with Crippen LogP contribution in [0.5, 0.6) is 0 Å². The third kappa shape index (κ3) is 2.64. The average Bonchev–Trinajstić information content (AvgIpc) is 2.96. The van der Waals surface area contributed by atoms with Gasteiger partial charge in [-0.05, 0) is 69.4 Å². The van der Waals surface area contributed by atoms with E-state index in [2.05, 4.69) is 34.1 Å². The highest BCUT2D eigenvalue weighted by atomic mass is 15.2. The van der Waals surface area contributed by atoms with Gasteiger partial charge in [0.15, 0.2) is 0 Å². The molecular weight excluding hydrogens is 256 g/mol. The second-order valence-corrected chi connectivity index (χ2v) is 7.09. The lowest BCUT2D eigenvalue weighted by Crippen LogP contribution is -2.35. The Morgan fingerprint density at radius 3 is 1.48 bits per heavy atom. The van der Waals surface area contributed by atoms with Gasteiger partial charge in [0.2, 0.25) is 0 Å². The van der Waals surface area contributed by atoms with Crippen LogP contribution >= 0.6 is 0 Å². The Kier molecular flexibility index (Phi) is 4.00. The Labute approximate surface area is 129 Å². The molecule has 2 saturated heterocycles. The summed E-state index contributed by atoms with van der Waals surface area (Å²) < 4.78 is 0. The van der Waals surface area contributed by atoms with E-state index < -0.39 is 0 Å².